The molecule has 2 rings (SSSR count). The van der Waals surface area contributed by atoms with Crippen molar-refractivity contribution in [2.45, 2.75) is 13.1 Å². The lowest BCUT2D eigenvalue weighted by atomic mass is 10.1. The van der Waals surface area contributed by atoms with Gasteiger partial charge < -0.3 is 4.74 Å². The molecule has 0 aliphatic carbocycles. The number of hydrogen-bond acceptors (Lipinski definition) is 3. The molecule has 0 saturated carbocycles. The summed E-state index contributed by atoms with van der Waals surface area (Å²) in [5, 5.41) is 8.98. The molecule has 21 heavy (non-hydrogen) atoms. The molecule has 0 N–H and O–H groups in total. The zero-order valence-corrected chi connectivity index (χ0v) is 12.1. The third-order valence-corrected chi connectivity index (χ3v) is 3.25. The van der Waals surface area contributed by atoms with Crippen LogP contribution in [0.1, 0.15) is 16.7 Å². The largest absolute Gasteiger partial charge is 0.496 e. The molecule has 2 aromatic carbocycles. The van der Waals surface area contributed by atoms with E-state index in [9.17, 15) is 4.39 Å². The van der Waals surface area contributed by atoms with E-state index in [-0.39, 0.29) is 5.82 Å². The first-order chi connectivity index (χ1) is 10.1. The van der Waals surface area contributed by atoms with Gasteiger partial charge in [-0.3, -0.25) is 4.90 Å². The average Bonchev–Trinajstić information content (AvgIpc) is 2.49. The molecule has 0 amide bonds. The Morgan fingerprint density at radius 1 is 1.14 bits per heavy atom. The summed E-state index contributed by atoms with van der Waals surface area (Å²) in [7, 11) is 3.51. The average molecular weight is 284 g/mol. The zero-order chi connectivity index (χ0) is 15.2. The van der Waals surface area contributed by atoms with Crippen LogP contribution in [0.25, 0.3) is 0 Å². The normalized spacial score (nSPS) is 10.4. The number of rotatable bonds is 5. The van der Waals surface area contributed by atoms with Crippen molar-refractivity contribution in [3.05, 3.63) is 65.0 Å². The van der Waals surface area contributed by atoms with E-state index in [1.54, 1.807) is 37.4 Å². The molecule has 108 valence electrons. The van der Waals surface area contributed by atoms with Crippen molar-refractivity contribution in [3.63, 3.8) is 0 Å². The van der Waals surface area contributed by atoms with Gasteiger partial charge in [-0.1, -0.05) is 18.2 Å². The maximum atomic E-state index is 13.7. The van der Waals surface area contributed by atoms with Crippen molar-refractivity contribution >= 4 is 0 Å². The quantitative estimate of drug-likeness (QED) is 0.845. The number of methoxy groups -OCH3 is 1. The van der Waals surface area contributed by atoms with Gasteiger partial charge in [-0.05, 0) is 31.3 Å². The zero-order valence-electron chi connectivity index (χ0n) is 12.1. The Bertz CT molecular complexity index is 664. The van der Waals surface area contributed by atoms with E-state index in [0.717, 1.165) is 11.3 Å². The highest BCUT2D eigenvalue weighted by Gasteiger charge is 2.10. The van der Waals surface area contributed by atoms with Crippen molar-refractivity contribution in [3.8, 4) is 11.8 Å². The smallest absolute Gasteiger partial charge is 0.127 e. The molecule has 0 fully saturated rings. The second-order valence-corrected chi connectivity index (χ2v) is 4.90. The molecule has 0 unspecified atom stereocenters. The second-order valence-electron chi connectivity index (χ2n) is 4.90. The van der Waals surface area contributed by atoms with Gasteiger partial charge in [0.25, 0.3) is 0 Å². The topological polar surface area (TPSA) is 36.3 Å². The van der Waals surface area contributed by atoms with E-state index in [1.165, 1.54) is 6.07 Å². The van der Waals surface area contributed by atoms with Crippen LogP contribution in [0, 0.1) is 17.1 Å². The molecular weight excluding hydrogens is 267 g/mol. The minimum absolute atomic E-state index is 0.206. The fourth-order valence-electron chi connectivity index (χ4n) is 2.24. The van der Waals surface area contributed by atoms with Crippen molar-refractivity contribution in [1.82, 2.24) is 4.90 Å². The Hall–Kier alpha value is -2.38. The van der Waals surface area contributed by atoms with Crippen LogP contribution >= 0.6 is 0 Å². The monoisotopic (exact) mass is 284 g/mol. The lowest BCUT2D eigenvalue weighted by Gasteiger charge is -2.19. The maximum Gasteiger partial charge on any atom is 0.127 e. The van der Waals surface area contributed by atoms with Gasteiger partial charge in [-0.2, -0.15) is 5.26 Å². The van der Waals surface area contributed by atoms with Gasteiger partial charge in [0.1, 0.15) is 11.6 Å². The molecule has 0 bridgehead atoms. The predicted molar refractivity (Wildman–Crippen MR) is 79.3 cm³/mol. The summed E-state index contributed by atoms with van der Waals surface area (Å²) in [5.41, 5.74) is 2.15. The molecule has 0 spiro atoms. The number of benzene rings is 2. The molecule has 0 aliphatic heterocycles. The highest BCUT2D eigenvalue weighted by atomic mass is 19.1. The predicted octanol–water partition coefficient (Wildman–Crippen LogP) is 3.34. The van der Waals surface area contributed by atoms with E-state index in [4.69, 9.17) is 10.00 Å². The van der Waals surface area contributed by atoms with E-state index in [1.807, 2.05) is 18.0 Å². The summed E-state index contributed by atoms with van der Waals surface area (Å²) in [5.74, 6) is 0.525. The van der Waals surface area contributed by atoms with Gasteiger partial charge >= 0.3 is 0 Å². The summed E-state index contributed by atoms with van der Waals surface area (Å²) < 4.78 is 19.0. The van der Waals surface area contributed by atoms with Crippen LogP contribution in [0.4, 0.5) is 4.39 Å². The number of halogens is 1. The molecule has 4 heteroatoms. The van der Waals surface area contributed by atoms with Crippen molar-refractivity contribution in [2.75, 3.05) is 14.2 Å². The fourth-order valence-corrected chi connectivity index (χ4v) is 2.24. The summed E-state index contributed by atoms with van der Waals surface area (Å²) >= 11 is 0. The Morgan fingerprint density at radius 3 is 2.52 bits per heavy atom. The maximum absolute atomic E-state index is 13.7. The van der Waals surface area contributed by atoms with E-state index in [0.29, 0.717) is 24.2 Å². The van der Waals surface area contributed by atoms with Crippen LogP contribution in [0.2, 0.25) is 0 Å². The third kappa shape index (κ3) is 3.80. The van der Waals surface area contributed by atoms with E-state index >= 15 is 0 Å². The Morgan fingerprint density at radius 2 is 1.86 bits per heavy atom. The van der Waals surface area contributed by atoms with Crippen LogP contribution in [-0.2, 0) is 13.1 Å². The molecule has 0 aliphatic rings. The Balaban J connectivity index is 2.14. The van der Waals surface area contributed by atoms with E-state index < -0.39 is 0 Å². The van der Waals surface area contributed by atoms with Gasteiger partial charge in [-0.15, -0.1) is 0 Å². The lowest BCUT2D eigenvalue weighted by molar-refractivity contribution is 0.305. The van der Waals surface area contributed by atoms with Gasteiger partial charge in [0.2, 0.25) is 0 Å². The van der Waals surface area contributed by atoms with Crippen molar-refractivity contribution in [1.29, 1.82) is 5.26 Å². The van der Waals surface area contributed by atoms with Gasteiger partial charge in [-0.25, -0.2) is 4.39 Å². The first-order valence-corrected chi connectivity index (χ1v) is 6.63. The highest BCUT2D eigenvalue weighted by molar-refractivity contribution is 5.42. The molecule has 0 atom stereocenters. The second kappa shape index (κ2) is 6.87. The van der Waals surface area contributed by atoms with Crippen LogP contribution in [0.5, 0.6) is 5.75 Å². The number of nitriles is 1. The van der Waals surface area contributed by atoms with Crippen LogP contribution < -0.4 is 4.74 Å². The highest BCUT2D eigenvalue weighted by Crippen LogP contribution is 2.22. The lowest BCUT2D eigenvalue weighted by Crippen LogP contribution is -2.18. The molecule has 0 radical (unpaired) electrons. The van der Waals surface area contributed by atoms with Gasteiger partial charge in [0.15, 0.2) is 0 Å². The number of nitrogens with zero attached hydrogens (tertiary/aromatic N) is 2. The van der Waals surface area contributed by atoms with E-state index in [2.05, 4.69) is 6.07 Å². The first-order valence-electron chi connectivity index (χ1n) is 6.63. The van der Waals surface area contributed by atoms with Crippen LogP contribution in [-0.4, -0.2) is 19.1 Å². The summed E-state index contributed by atoms with van der Waals surface area (Å²) in [6, 6.07) is 14.2. The first kappa shape index (κ1) is 15.0. The fraction of sp³-hybridized carbons (Fsp3) is 0.235. The SMILES string of the molecule is COc1ccc(C#N)cc1CN(C)Cc1ccccc1F. The van der Waals surface area contributed by atoms with Crippen molar-refractivity contribution in [2.24, 2.45) is 0 Å². The summed E-state index contributed by atoms with van der Waals surface area (Å²) in [6.45, 7) is 1.07. The minimum Gasteiger partial charge on any atom is -0.496 e. The number of ether oxygens (including phenoxy) is 1. The van der Waals surface area contributed by atoms with Gasteiger partial charge in [0, 0.05) is 24.2 Å². The number of hydrogen-bond donors (Lipinski definition) is 0. The Kier molecular flexibility index (Phi) is 4.91. The summed E-state index contributed by atoms with van der Waals surface area (Å²) in [6.07, 6.45) is 0. The molecular formula is C17H17FN2O. The van der Waals surface area contributed by atoms with Crippen LogP contribution in [0.15, 0.2) is 42.5 Å². The van der Waals surface area contributed by atoms with Crippen LogP contribution in [0.3, 0.4) is 0 Å². The Labute approximate surface area is 124 Å². The molecule has 3 nitrogen and oxygen atoms in total. The molecule has 0 heterocycles. The third-order valence-electron chi connectivity index (χ3n) is 3.25. The molecule has 0 saturated heterocycles. The molecule has 2 aromatic rings. The minimum atomic E-state index is -0.206. The van der Waals surface area contributed by atoms with Crippen molar-refractivity contribution < 1.29 is 9.13 Å². The molecule has 0 aromatic heterocycles. The standard InChI is InChI=1S/C17H17FN2O/c1-20(11-14-5-3-4-6-16(14)18)12-15-9-13(10-19)7-8-17(15)21-2/h3-9H,11-12H2,1-2H3. The summed E-state index contributed by atoms with van der Waals surface area (Å²) in [4.78, 5) is 1.98. The van der Waals surface area contributed by atoms with Gasteiger partial charge in [0.05, 0.1) is 18.7 Å².